The van der Waals surface area contributed by atoms with Crippen LogP contribution in [0.2, 0.25) is 0 Å². The molecule has 1 aliphatic heterocycles. The van der Waals surface area contributed by atoms with E-state index in [0.29, 0.717) is 12.6 Å². The topological polar surface area (TPSA) is 29.3 Å². The van der Waals surface area contributed by atoms with Gasteiger partial charge in [-0.1, -0.05) is 6.07 Å². The molecule has 76 valence electrons. The molecule has 1 aromatic carbocycles. The second kappa shape index (κ2) is 3.96. The first-order chi connectivity index (χ1) is 6.81. The van der Waals surface area contributed by atoms with Crippen LogP contribution in [0.5, 0.6) is 0 Å². The summed E-state index contributed by atoms with van der Waals surface area (Å²) in [6.45, 7) is 1.64. The lowest BCUT2D eigenvalue weighted by atomic mass is 10.2. The maximum Gasteiger partial charge on any atom is 0.125 e. The molecule has 0 aromatic heterocycles. The van der Waals surface area contributed by atoms with Crippen LogP contribution in [0.3, 0.4) is 0 Å². The van der Waals surface area contributed by atoms with Gasteiger partial charge in [-0.15, -0.1) is 0 Å². The van der Waals surface area contributed by atoms with Crippen LogP contribution in [0.1, 0.15) is 12.8 Å². The van der Waals surface area contributed by atoms with Gasteiger partial charge in [-0.2, -0.15) is 0 Å². The summed E-state index contributed by atoms with van der Waals surface area (Å²) in [5, 5.41) is 0. The van der Waals surface area contributed by atoms with E-state index in [9.17, 15) is 4.39 Å². The molecule has 3 heteroatoms. The molecule has 1 unspecified atom stereocenters. The van der Waals surface area contributed by atoms with Crippen molar-refractivity contribution in [1.29, 1.82) is 0 Å². The number of rotatable bonds is 2. The molecular formula is C11H15FN2. The van der Waals surface area contributed by atoms with E-state index in [0.717, 1.165) is 25.1 Å². The number of hydrogen-bond acceptors (Lipinski definition) is 2. The SMILES string of the molecule is NCC1CCCN1c1cccc(F)c1. The Morgan fingerprint density at radius 2 is 2.36 bits per heavy atom. The van der Waals surface area contributed by atoms with E-state index in [1.54, 1.807) is 12.1 Å². The third kappa shape index (κ3) is 1.73. The zero-order valence-corrected chi connectivity index (χ0v) is 8.12. The lowest BCUT2D eigenvalue weighted by Gasteiger charge is -2.25. The van der Waals surface area contributed by atoms with Crippen LogP contribution in [0, 0.1) is 5.82 Å². The highest BCUT2D eigenvalue weighted by molar-refractivity contribution is 5.48. The zero-order valence-electron chi connectivity index (χ0n) is 8.12. The maximum absolute atomic E-state index is 13.0. The molecule has 0 amide bonds. The Hall–Kier alpha value is -1.09. The Balaban J connectivity index is 2.21. The minimum Gasteiger partial charge on any atom is -0.367 e. The molecule has 1 atom stereocenters. The van der Waals surface area contributed by atoms with Gasteiger partial charge < -0.3 is 10.6 Å². The summed E-state index contributed by atoms with van der Waals surface area (Å²) in [6.07, 6.45) is 2.27. The molecule has 2 nitrogen and oxygen atoms in total. The normalized spacial score (nSPS) is 21.6. The third-order valence-electron chi connectivity index (χ3n) is 2.79. The van der Waals surface area contributed by atoms with Crippen LogP contribution in [-0.2, 0) is 0 Å². The molecule has 0 radical (unpaired) electrons. The summed E-state index contributed by atoms with van der Waals surface area (Å²) in [5.41, 5.74) is 6.62. The van der Waals surface area contributed by atoms with Crippen LogP contribution in [0.15, 0.2) is 24.3 Å². The van der Waals surface area contributed by atoms with E-state index in [4.69, 9.17) is 5.73 Å². The lowest BCUT2D eigenvalue weighted by molar-refractivity contribution is 0.624. The van der Waals surface area contributed by atoms with Gasteiger partial charge in [0, 0.05) is 24.8 Å². The first-order valence-corrected chi connectivity index (χ1v) is 5.03. The number of nitrogens with zero attached hydrogens (tertiary/aromatic N) is 1. The predicted molar refractivity (Wildman–Crippen MR) is 55.8 cm³/mol. The van der Waals surface area contributed by atoms with E-state index in [1.165, 1.54) is 6.07 Å². The lowest BCUT2D eigenvalue weighted by Crippen LogP contribution is -2.35. The Kier molecular flexibility index (Phi) is 2.68. The molecule has 1 aromatic rings. The Labute approximate surface area is 83.5 Å². The van der Waals surface area contributed by atoms with E-state index < -0.39 is 0 Å². The second-order valence-electron chi connectivity index (χ2n) is 3.71. The minimum absolute atomic E-state index is 0.176. The van der Waals surface area contributed by atoms with Gasteiger partial charge in [-0.25, -0.2) is 4.39 Å². The van der Waals surface area contributed by atoms with Crippen molar-refractivity contribution in [3.05, 3.63) is 30.1 Å². The predicted octanol–water partition coefficient (Wildman–Crippen LogP) is 1.75. The van der Waals surface area contributed by atoms with E-state index in [2.05, 4.69) is 4.90 Å². The highest BCUT2D eigenvalue weighted by atomic mass is 19.1. The highest BCUT2D eigenvalue weighted by Crippen LogP contribution is 2.25. The first kappa shape index (κ1) is 9.46. The second-order valence-corrected chi connectivity index (χ2v) is 3.71. The number of nitrogens with two attached hydrogens (primary N) is 1. The van der Waals surface area contributed by atoms with Crippen LogP contribution in [0.25, 0.3) is 0 Å². The molecule has 1 fully saturated rings. The van der Waals surface area contributed by atoms with Crippen LogP contribution < -0.4 is 10.6 Å². The Bertz CT molecular complexity index is 314. The molecule has 0 saturated carbocycles. The van der Waals surface area contributed by atoms with Crippen LogP contribution in [0.4, 0.5) is 10.1 Å². The van der Waals surface area contributed by atoms with Crippen molar-refractivity contribution in [3.8, 4) is 0 Å². The average molecular weight is 194 g/mol. The smallest absolute Gasteiger partial charge is 0.125 e. The summed E-state index contributed by atoms with van der Waals surface area (Å²) in [5.74, 6) is -0.176. The maximum atomic E-state index is 13.0. The largest absolute Gasteiger partial charge is 0.367 e. The fourth-order valence-electron chi connectivity index (χ4n) is 2.08. The van der Waals surface area contributed by atoms with Crippen LogP contribution >= 0.6 is 0 Å². The molecule has 0 bridgehead atoms. The quantitative estimate of drug-likeness (QED) is 0.777. The summed E-state index contributed by atoms with van der Waals surface area (Å²) in [6, 6.07) is 7.12. The molecule has 1 saturated heterocycles. The van der Waals surface area contributed by atoms with Gasteiger partial charge in [0.15, 0.2) is 0 Å². The highest BCUT2D eigenvalue weighted by Gasteiger charge is 2.23. The van der Waals surface area contributed by atoms with Gasteiger partial charge in [0.25, 0.3) is 0 Å². The summed E-state index contributed by atoms with van der Waals surface area (Å²) >= 11 is 0. The molecule has 1 heterocycles. The Morgan fingerprint density at radius 3 is 3.07 bits per heavy atom. The third-order valence-corrected chi connectivity index (χ3v) is 2.79. The van der Waals surface area contributed by atoms with E-state index in [1.807, 2.05) is 6.07 Å². The van der Waals surface area contributed by atoms with Crippen molar-refractivity contribution in [2.75, 3.05) is 18.0 Å². The van der Waals surface area contributed by atoms with Crippen molar-refractivity contribution < 1.29 is 4.39 Å². The van der Waals surface area contributed by atoms with Gasteiger partial charge in [-0.05, 0) is 31.0 Å². The fourth-order valence-corrected chi connectivity index (χ4v) is 2.08. The van der Waals surface area contributed by atoms with E-state index in [-0.39, 0.29) is 5.82 Å². The van der Waals surface area contributed by atoms with Gasteiger partial charge >= 0.3 is 0 Å². The van der Waals surface area contributed by atoms with Crippen molar-refractivity contribution in [2.24, 2.45) is 5.73 Å². The summed E-state index contributed by atoms with van der Waals surface area (Å²) in [7, 11) is 0. The van der Waals surface area contributed by atoms with E-state index >= 15 is 0 Å². The average Bonchev–Trinajstić information content (AvgIpc) is 2.65. The molecule has 0 aliphatic carbocycles. The molecule has 2 rings (SSSR count). The molecule has 1 aliphatic rings. The van der Waals surface area contributed by atoms with Crippen LogP contribution in [-0.4, -0.2) is 19.1 Å². The fraction of sp³-hybridized carbons (Fsp3) is 0.455. The molecule has 14 heavy (non-hydrogen) atoms. The number of hydrogen-bond donors (Lipinski definition) is 1. The molecular weight excluding hydrogens is 179 g/mol. The van der Waals surface area contributed by atoms with Crippen molar-refractivity contribution in [1.82, 2.24) is 0 Å². The van der Waals surface area contributed by atoms with Crippen molar-refractivity contribution >= 4 is 5.69 Å². The number of anilines is 1. The number of halogens is 1. The van der Waals surface area contributed by atoms with Gasteiger partial charge in [-0.3, -0.25) is 0 Å². The first-order valence-electron chi connectivity index (χ1n) is 5.03. The summed E-state index contributed by atoms with van der Waals surface area (Å²) in [4.78, 5) is 2.20. The van der Waals surface area contributed by atoms with Gasteiger partial charge in [0.05, 0.1) is 0 Å². The monoisotopic (exact) mass is 194 g/mol. The Morgan fingerprint density at radius 1 is 1.50 bits per heavy atom. The van der Waals surface area contributed by atoms with Crippen molar-refractivity contribution in [2.45, 2.75) is 18.9 Å². The standard InChI is InChI=1S/C11H15FN2/c12-9-3-1-4-10(7-9)14-6-2-5-11(14)8-13/h1,3-4,7,11H,2,5-6,8,13H2. The summed E-state index contributed by atoms with van der Waals surface area (Å²) < 4.78 is 13.0. The number of benzene rings is 1. The van der Waals surface area contributed by atoms with Gasteiger partial charge in [0.1, 0.15) is 5.82 Å². The minimum atomic E-state index is -0.176. The molecule has 2 N–H and O–H groups in total. The van der Waals surface area contributed by atoms with Gasteiger partial charge in [0.2, 0.25) is 0 Å². The molecule has 0 spiro atoms. The zero-order chi connectivity index (χ0) is 9.97. The van der Waals surface area contributed by atoms with Crippen molar-refractivity contribution in [3.63, 3.8) is 0 Å².